The maximum atomic E-state index is 12.0. The van der Waals surface area contributed by atoms with Crippen LogP contribution in [0.5, 0.6) is 0 Å². The molecule has 1 heterocycles. The van der Waals surface area contributed by atoms with Crippen LogP contribution in [0.15, 0.2) is 27.6 Å². The van der Waals surface area contributed by atoms with E-state index in [9.17, 15) is 9.59 Å². The zero-order valence-corrected chi connectivity index (χ0v) is 13.1. The quantitative estimate of drug-likeness (QED) is 0.753. The van der Waals surface area contributed by atoms with Gasteiger partial charge in [-0.25, -0.2) is 4.79 Å². The van der Waals surface area contributed by atoms with Gasteiger partial charge in [-0.2, -0.15) is 0 Å². The first-order chi connectivity index (χ1) is 8.95. The highest BCUT2D eigenvalue weighted by molar-refractivity contribution is 9.10. The van der Waals surface area contributed by atoms with Crippen molar-refractivity contribution < 1.29 is 9.53 Å². The fraction of sp³-hybridized carbons (Fsp3) is 0.571. The molecule has 0 N–H and O–H groups in total. The number of aromatic nitrogens is 1. The molecule has 1 rings (SSSR count). The number of halogens is 1. The Bertz CT molecular complexity index is 482. The van der Waals surface area contributed by atoms with Gasteiger partial charge in [0.15, 0.2) is 0 Å². The van der Waals surface area contributed by atoms with E-state index in [1.807, 2.05) is 0 Å². The third-order valence-electron chi connectivity index (χ3n) is 2.82. The number of carbonyl (C=O) groups is 1. The summed E-state index contributed by atoms with van der Waals surface area (Å²) in [6.45, 7) is 6.27. The molecule has 0 aliphatic heterocycles. The second-order valence-electron chi connectivity index (χ2n) is 4.83. The molecular weight excluding hydrogens is 310 g/mol. The van der Waals surface area contributed by atoms with Gasteiger partial charge in [0.05, 0.1) is 6.61 Å². The van der Waals surface area contributed by atoms with E-state index in [4.69, 9.17) is 4.74 Å². The molecule has 106 valence electrons. The number of carbonyl (C=O) groups excluding carboxylic acids is 1. The van der Waals surface area contributed by atoms with E-state index in [2.05, 4.69) is 29.8 Å². The fourth-order valence-corrected chi connectivity index (χ4v) is 2.14. The molecule has 0 spiro atoms. The second-order valence-corrected chi connectivity index (χ2v) is 5.75. The molecule has 0 aliphatic rings. The number of pyridine rings is 1. The number of rotatable bonds is 6. The van der Waals surface area contributed by atoms with E-state index in [0.717, 1.165) is 6.42 Å². The maximum Gasteiger partial charge on any atom is 0.329 e. The van der Waals surface area contributed by atoms with Crippen LogP contribution < -0.4 is 5.56 Å². The monoisotopic (exact) mass is 329 g/mol. The molecule has 0 bridgehead atoms. The molecule has 1 aromatic heterocycles. The summed E-state index contributed by atoms with van der Waals surface area (Å²) >= 11 is 3.25. The second kappa shape index (κ2) is 7.48. The van der Waals surface area contributed by atoms with Gasteiger partial charge in [-0.1, -0.05) is 29.8 Å². The van der Waals surface area contributed by atoms with E-state index >= 15 is 0 Å². The summed E-state index contributed by atoms with van der Waals surface area (Å²) < 4.78 is 7.22. The minimum absolute atomic E-state index is 0.198. The molecule has 0 amide bonds. The molecule has 0 saturated carbocycles. The molecule has 1 atom stereocenters. The summed E-state index contributed by atoms with van der Waals surface area (Å²) in [5, 5.41) is 0. The molecule has 19 heavy (non-hydrogen) atoms. The Hall–Kier alpha value is -1.10. The fourth-order valence-electron chi connectivity index (χ4n) is 1.82. The Kier molecular flexibility index (Phi) is 6.28. The van der Waals surface area contributed by atoms with Gasteiger partial charge >= 0.3 is 5.97 Å². The lowest BCUT2D eigenvalue weighted by atomic mass is 10.0. The highest BCUT2D eigenvalue weighted by Crippen LogP contribution is 2.18. The Morgan fingerprint density at radius 2 is 2.11 bits per heavy atom. The summed E-state index contributed by atoms with van der Waals surface area (Å²) in [7, 11) is 0. The molecule has 1 aromatic rings. The topological polar surface area (TPSA) is 48.3 Å². The van der Waals surface area contributed by atoms with Crippen molar-refractivity contribution in [3.8, 4) is 0 Å². The molecular formula is C14H20BrNO3. The van der Waals surface area contributed by atoms with Crippen LogP contribution in [-0.2, 0) is 9.53 Å². The molecule has 4 nitrogen and oxygen atoms in total. The first-order valence-corrected chi connectivity index (χ1v) is 7.29. The Labute approximate surface area is 121 Å². The zero-order valence-electron chi connectivity index (χ0n) is 11.6. The van der Waals surface area contributed by atoms with Gasteiger partial charge in [-0.05, 0) is 31.7 Å². The minimum Gasteiger partial charge on any atom is -0.464 e. The van der Waals surface area contributed by atoms with E-state index < -0.39 is 6.04 Å². The summed E-state index contributed by atoms with van der Waals surface area (Å²) in [5.41, 5.74) is -0.198. The van der Waals surface area contributed by atoms with Gasteiger partial charge < -0.3 is 9.30 Å². The summed E-state index contributed by atoms with van der Waals surface area (Å²) in [5.74, 6) is 0.135. The van der Waals surface area contributed by atoms with Crippen LogP contribution in [-0.4, -0.2) is 17.1 Å². The molecule has 5 heteroatoms. The molecule has 1 unspecified atom stereocenters. The normalized spacial score (nSPS) is 12.5. The SMILES string of the molecule is CCOC(=O)C(CCC(C)C)n1ccc(Br)cc1=O. The average molecular weight is 330 g/mol. The Morgan fingerprint density at radius 1 is 1.42 bits per heavy atom. The van der Waals surface area contributed by atoms with E-state index in [0.29, 0.717) is 23.4 Å². The van der Waals surface area contributed by atoms with Crippen molar-refractivity contribution in [2.24, 2.45) is 5.92 Å². The Balaban J connectivity index is 3.00. The zero-order chi connectivity index (χ0) is 14.4. The Morgan fingerprint density at radius 3 is 2.63 bits per heavy atom. The molecule has 0 fully saturated rings. The summed E-state index contributed by atoms with van der Waals surface area (Å²) in [6, 6.07) is 2.67. The van der Waals surface area contributed by atoms with Crippen molar-refractivity contribution in [1.29, 1.82) is 0 Å². The van der Waals surface area contributed by atoms with Crippen molar-refractivity contribution in [2.75, 3.05) is 6.61 Å². The van der Waals surface area contributed by atoms with Gasteiger partial charge in [-0.3, -0.25) is 4.79 Å². The lowest BCUT2D eigenvalue weighted by molar-refractivity contribution is -0.147. The average Bonchev–Trinajstić information content (AvgIpc) is 2.31. The summed E-state index contributed by atoms with van der Waals surface area (Å²) in [6.07, 6.45) is 3.11. The lowest BCUT2D eigenvalue weighted by Gasteiger charge is -2.19. The largest absolute Gasteiger partial charge is 0.464 e. The summed E-state index contributed by atoms with van der Waals surface area (Å²) in [4.78, 5) is 24.0. The van der Waals surface area contributed by atoms with Crippen LogP contribution in [0.4, 0.5) is 0 Å². The van der Waals surface area contributed by atoms with Crippen LogP contribution in [0.1, 0.15) is 39.7 Å². The van der Waals surface area contributed by atoms with Crippen LogP contribution in [0.3, 0.4) is 0 Å². The van der Waals surface area contributed by atoms with Crippen molar-refractivity contribution in [3.05, 3.63) is 33.2 Å². The standard InChI is InChI=1S/C14H20BrNO3/c1-4-19-14(18)12(6-5-10(2)3)16-8-7-11(15)9-13(16)17/h7-10,12H,4-6H2,1-3H3. The first-order valence-electron chi connectivity index (χ1n) is 6.50. The van der Waals surface area contributed by atoms with E-state index in [-0.39, 0.29) is 11.5 Å². The van der Waals surface area contributed by atoms with Gasteiger partial charge in [0.2, 0.25) is 0 Å². The van der Waals surface area contributed by atoms with Crippen LogP contribution in [0.25, 0.3) is 0 Å². The van der Waals surface area contributed by atoms with Crippen LogP contribution >= 0.6 is 15.9 Å². The third-order valence-corrected chi connectivity index (χ3v) is 3.32. The van der Waals surface area contributed by atoms with Crippen LogP contribution in [0, 0.1) is 5.92 Å². The number of nitrogens with zero attached hydrogens (tertiary/aromatic N) is 1. The minimum atomic E-state index is -0.539. The highest BCUT2D eigenvalue weighted by atomic mass is 79.9. The number of hydrogen-bond acceptors (Lipinski definition) is 3. The molecule has 0 saturated heterocycles. The number of ether oxygens (including phenoxy) is 1. The maximum absolute atomic E-state index is 12.0. The van der Waals surface area contributed by atoms with E-state index in [1.165, 1.54) is 10.6 Å². The number of esters is 1. The molecule has 0 aliphatic carbocycles. The van der Waals surface area contributed by atoms with Gasteiger partial charge in [0, 0.05) is 16.7 Å². The molecule has 0 radical (unpaired) electrons. The predicted molar refractivity (Wildman–Crippen MR) is 78.1 cm³/mol. The van der Waals surface area contributed by atoms with Gasteiger partial charge in [0.1, 0.15) is 6.04 Å². The van der Waals surface area contributed by atoms with Crippen molar-refractivity contribution in [2.45, 2.75) is 39.7 Å². The van der Waals surface area contributed by atoms with Crippen molar-refractivity contribution in [3.63, 3.8) is 0 Å². The predicted octanol–water partition coefficient (Wildman–Crippen LogP) is 3.15. The van der Waals surface area contributed by atoms with Crippen molar-refractivity contribution >= 4 is 21.9 Å². The smallest absolute Gasteiger partial charge is 0.329 e. The van der Waals surface area contributed by atoms with Gasteiger partial charge in [-0.15, -0.1) is 0 Å². The van der Waals surface area contributed by atoms with Crippen molar-refractivity contribution in [1.82, 2.24) is 4.57 Å². The lowest BCUT2D eigenvalue weighted by Crippen LogP contribution is -2.30. The molecule has 0 aromatic carbocycles. The highest BCUT2D eigenvalue weighted by Gasteiger charge is 2.22. The van der Waals surface area contributed by atoms with E-state index in [1.54, 1.807) is 19.2 Å². The third kappa shape index (κ3) is 4.82. The number of hydrogen-bond donors (Lipinski definition) is 0. The van der Waals surface area contributed by atoms with Crippen LogP contribution in [0.2, 0.25) is 0 Å². The van der Waals surface area contributed by atoms with Gasteiger partial charge in [0.25, 0.3) is 5.56 Å². The first kappa shape index (κ1) is 16.0.